The number of rotatable bonds is 3. The Morgan fingerprint density at radius 2 is 2.32 bits per heavy atom. The van der Waals surface area contributed by atoms with Crippen molar-refractivity contribution in [2.24, 2.45) is 7.05 Å². The van der Waals surface area contributed by atoms with E-state index in [4.69, 9.17) is 4.74 Å². The number of aryl methyl sites for hydroxylation is 1. The van der Waals surface area contributed by atoms with Crippen LogP contribution in [0.2, 0.25) is 0 Å². The molecule has 0 bridgehead atoms. The molecule has 3 heterocycles. The molecule has 1 atom stereocenters. The minimum atomic E-state index is -0.0363. The van der Waals surface area contributed by atoms with E-state index in [9.17, 15) is 4.79 Å². The first-order valence-corrected chi connectivity index (χ1v) is 8.35. The summed E-state index contributed by atoms with van der Waals surface area (Å²) in [5, 5.41) is 1.01. The van der Waals surface area contributed by atoms with E-state index in [1.54, 1.807) is 6.20 Å². The summed E-state index contributed by atoms with van der Waals surface area (Å²) in [6, 6.07) is 4.01. The molecule has 1 aliphatic heterocycles. The molecule has 0 spiro atoms. The molecule has 0 N–H and O–H groups in total. The van der Waals surface area contributed by atoms with Crippen LogP contribution in [0, 0.1) is 0 Å². The highest BCUT2D eigenvalue weighted by Crippen LogP contribution is 2.28. The standard InChI is InChI=1S/C16H21N3O2S/c1-11(2)15-17-9-14(22-15)16(20)19-7-8-21-10-13(19)12-5-4-6-18(12)3/h4-6,9,11,13H,7-8,10H2,1-3H3/t13-/m0/s1. The van der Waals surface area contributed by atoms with Gasteiger partial charge in [-0.05, 0) is 12.1 Å². The Morgan fingerprint density at radius 3 is 2.95 bits per heavy atom. The Labute approximate surface area is 134 Å². The first-order valence-electron chi connectivity index (χ1n) is 7.53. The Hall–Kier alpha value is -1.66. The SMILES string of the molecule is CC(C)c1ncc(C(=O)N2CCOC[C@H]2c2cccn2C)s1. The summed E-state index contributed by atoms with van der Waals surface area (Å²) in [5.41, 5.74) is 1.10. The lowest BCUT2D eigenvalue weighted by molar-refractivity contribution is -0.00438. The smallest absolute Gasteiger partial charge is 0.266 e. The lowest BCUT2D eigenvalue weighted by Gasteiger charge is -2.35. The van der Waals surface area contributed by atoms with Crippen LogP contribution in [0.5, 0.6) is 0 Å². The molecule has 118 valence electrons. The fraction of sp³-hybridized carbons (Fsp3) is 0.500. The summed E-state index contributed by atoms with van der Waals surface area (Å²) >= 11 is 1.50. The molecule has 2 aromatic heterocycles. The Morgan fingerprint density at radius 1 is 1.50 bits per heavy atom. The van der Waals surface area contributed by atoms with Crippen molar-refractivity contribution in [1.29, 1.82) is 0 Å². The number of amides is 1. The predicted octanol–water partition coefficient (Wildman–Crippen LogP) is 2.82. The first-order chi connectivity index (χ1) is 10.6. The van der Waals surface area contributed by atoms with E-state index in [-0.39, 0.29) is 11.9 Å². The van der Waals surface area contributed by atoms with Gasteiger partial charge in [-0.25, -0.2) is 4.98 Å². The quantitative estimate of drug-likeness (QED) is 0.874. The van der Waals surface area contributed by atoms with Crippen molar-refractivity contribution in [3.05, 3.63) is 40.1 Å². The van der Waals surface area contributed by atoms with Gasteiger partial charge < -0.3 is 14.2 Å². The number of carbonyl (C=O) groups excluding carboxylic acids is 1. The Balaban J connectivity index is 1.86. The van der Waals surface area contributed by atoms with Crippen LogP contribution in [0.1, 0.15) is 46.2 Å². The van der Waals surface area contributed by atoms with Gasteiger partial charge in [-0.15, -0.1) is 11.3 Å². The van der Waals surface area contributed by atoms with E-state index in [0.29, 0.717) is 30.6 Å². The molecular weight excluding hydrogens is 298 g/mol. The molecule has 5 nitrogen and oxygen atoms in total. The predicted molar refractivity (Wildman–Crippen MR) is 86.2 cm³/mol. The average molecular weight is 319 g/mol. The van der Waals surface area contributed by atoms with Crippen LogP contribution in [-0.4, -0.2) is 40.1 Å². The summed E-state index contributed by atoms with van der Waals surface area (Å²) in [5.74, 6) is 0.402. The second-order valence-corrected chi connectivity index (χ2v) is 6.91. The third-order valence-corrected chi connectivity index (χ3v) is 5.23. The fourth-order valence-electron chi connectivity index (χ4n) is 2.71. The van der Waals surface area contributed by atoms with Gasteiger partial charge in [0.1, 0.15) is 4.88 Å². The number of hydrogen-bond donors (Lipinski definition) is 0. The molecular formula is C16H21N3O2S. The highest BCUT2D eigenvalue weighted by Gasteiger charge is 2.31. The van der Waals surface area contributed by atoms with E-state index in [1.165, 1.54) is 11.3 Å². The third-order valence-electron chi connectivity index (χ3n) is 3.94. The largest absolute Gasteiger partial charge is 0.377 e. The van der Waals surface area contributed by atoms with Crippen LogP contribution in [0.4, 0.5) is 0 Å². The van der Waals surface area contributed by atoms with Gasteiger partial charge in [0.25, 0.3) is 5.91 Å². The summed E-state index contributed by atoms with van der Waals surface area (Å²) in [6.45, 7) is 5.93. The molecule has 1 saturated heterocycles. The third kappa shape index (κ3) is 2.80. The average Bonchev–Trinajstić information content (AvgIpc) is 3.15. The van der Waals surface area contributed by atoms with Crippen LogP contribution in [0.3, 0.4) is 0 Å². The molecule has 0 unspecified atom stereocenters. The molecule has 1 aliphatic rings. The zero-order valence-electron chi connectivity index (χ0n) is 13.2. The molecule has 3 rings (SSSR count). The molecule has 2 aromatic rings. The van der Waals surface area contributed by atoms with Gasteiger partial charge in [0.15, 0.2) is 0 Å². The van der Waals surface area contributed by atoms with Gasteiger partial charge in [0, 0.05) is 31.4 Å². The molecule has 1 amide bonds. The zero-order chi connectivity index (χ0) is 15.7. The summed E-state index contributed by atoms with van der Waals surface area (Å²) in [4.78, 5) is 19.9. The van der Waals surface area contributed by atoms with Gasteiger partial charge >= 0.3 is 0 Å². The molecule has 0 aromatic carbocycles. The van der Waals surface area contributed by atoms with Gasteiger partial charge in [-0.1, -0.05) is 13.8 Å². The van der Waals surface area contributed by atoms with Gasteiger partial charge in [-0.3, -0.25) is 4.79 Å². The topological polar surface area (TPSA) is 47.4 Å². The van der Waals surface area contributed by atoms with Gasteiger partial charge in [0.2, 0.25) is 0 Å². The van der Waals surface area contributed by atoms with E-state index in [0.717, 1.165) is 10.7 Å². The molecule has 6 heteroatoms. The van der Waals surface area contributed by atoms with Crippen LogP contribution in [0.15, 0.2) is 24.5 Å². The summed E-state index contributed by atoms with van der Waals surface area (Å²) < 4.78 is 7.65. The maximum absolute atomic E-state index is 12.9. The molecule has 0 radical (unpaired) electrons. The Kier molecular flexibility index (Phi) is 4.31. The van der Waals surface area contributed by atoms with E-state index in [1.807, 2.05) is 34.8 Å². The van der Waals surface area contributed by atoms with Crippen LogP contribution < -0.4 is 0 Å². The van der Waals surface area contributed by atoms with E-state index in [2.05, 4.69) is 18.8 Å². The van der Waals surface area contributed by atoms with Crippen LogP contribution >= 0.6 is 11.3 Å². The van der Waals surface area contributed by atoms with E-state index >= 15 is 0 Å². The van der Waals surface area contributed by atoms with Gasteiger partial charge in [0.05, 0.1) is 30.5 Å². The van der Waals surface area contributed by atoms with Crippen molar-refractivity contribution in [3.63, 3.8) is 0 Å². The number of nitrogens with zero attached hydrogens (tertiary/aromatic N) is 3. The normalized spacial score (nSPS) is 18.9. The summed E-state index contributed by atoms with van der Waals surface area (Å²) in [7, 11) is 2.00. The van der Waals surface area contributed by atoms with Crippen molar-refractivity contribution in [1.82, 2.24) is 14.5 Å². The molecule has 0 saturated carbocycles. The van der Waals surface area contributed by atoms with Crippen LogP contribution in [-0.2, 0) is 11.8 Å². The second kappa shape index (κ2) is 6.22. The van der Waals surface area contributed by atoms with E-state index < -0.39 is 0 Å². The minimum Gasteiger partial charge on any atom is -0.377 e. The maximum Gasteiger partial charge on any atom is 0.266 e. The highest BCUT2D eigenvalue weighted by atomic mass is 32.1. The monoisotopic (exact) mass is 319 g/mol. The van der Waals surface area contributed by atoms with Crippen molar-refractivity contribution in [2.45, 2.75) is 25.8 Å². The number of hydrogen-bond acceptors (Lipinski definition) is 4. The van der Waals surface area contributed by atoms with Crippen molar-refractivity contribution in [2.75, 3.05) is 19.8 Å². The summed E-state index contributed by atoms with van der Waals surface area (Å²) in [6.07, 6.45) is 3.70. The number of carbonyl (C=O) groups is 1. The number of ether oxygens (including phenoxy) is 1. The number of morpholine rings is 1. The Bertz CT molecular complexity index is 662. The lowest BCUT2D eigenvalue weighted by atomic mass is 10.1. The van der Waals surface area contributed by atoms with Crippen molar-refractivity contribution < 1.29 is 9.53 Å². The van der Waals surface area contributed by atoms with Gasteiger partial charge in [-0.2, -0.15) is 0 Å². The molecule has 22 heavy (non-hydrogen) atoms. The number of thiazole rings is 1. The molecule has 1 fully saturated rings. The zero-order valence-corrected chi connectivity index (χ0v) is 14.0. The maximum atomic E-state index is 12.9. The highest BCUT2D eigenvalue weighted by molar-refractivity contribution is 7.13. The molecule has 0 aliphatic carbocycles. The van der Waals surface area contributed by atoms with Crippen molar-refractivity contribution in [3.8, 4) is 0 Å². The van der Waals surface area contributed by atoms with Crippen LogP contribution in [0.25, 0.3) is 0 Å². The fourth-order valence-corrected chi connectivity index (χ4v) is 3.58. The second-order valence-electron chi connectivity index (χ2n) is 5.85. The lowest BCUT2D eigenvalue weighted by Crippen LogP contribution is -2.43. The first kappa shape index (κ1) is 15.2. The number of aromatic nitrogens is 2. The minimum absolute atomic E-state index is 0.0363. The van der Waals surface area contributed by atoms with Crippen molar-refractivity contribution >= 4 is 17.2 Å².